The summed E-state index contributed by atoms with van der Waals surface area (Å²) in [6, 6.07) is 0. The summed E-state index contributed by atoms with van der Waals surface area (Å²) in [6.07, 6.45) is 6.00. The molecule has 68 valence electrons. The molecule has 3 heteroatoms. The number of thiol groups is 1. The first-order chi connectivity index (χ1) is 5.68. The van der Waals surface area contributed by atoms with Gasteiger partial charge in [-0.05, 0) is 24.3 Å². The summed E-state index contributed by atoms with van der Waals surface area (Å²) in [6.45, 7) is 5.39. The highest BCUT2D eigenvalue weighted by atomic mass is 32.1. The predicted molar refractivity (Wildman–Crippen MR) is 56.0 cm³/mol. The van der Waals surface area contributed by atoms with Crippen LogP contribution < -0.4 is 10.6 Å². The van der Waals surface area contributed by atoms with Gasteiger partial charge < -0.3 is 10.6 Å². The van der Waals surface area contributed by atoms with E-state index in [0.29, 0.717) is 5.92 Å². The van der Waals surface area contributed by atoms with Gasteiger partial charge in [-0.2, -0.15) is 12.6 Å². The van der Waals surface area contributed by atoms with Crippen LogP contribution in [0, 0.1) is 5.92 Å². The monoisotopic (exact) mass is 184 g/mol. The second-order valence-corrected chi connectivity index (χ2v) is 3.90. The largest absolute Gasteiger partial charge is 0.385 e. The fraction of sp³-hybridized carbons (Fsp3) is 0.556. The fourth-order valence-electron chi connectivity index (χ4n) is 0.950. The lowest BCUT2D eigenvalue weighted by atomic mass is 10.2. The first kappa shape index (κ1) is 9.52. The second-order valence-electron chi connectivity index (χ2n) is 3.34. The van der Waals surface area contributed by atoms with E-state index in [2.05, 4.69) is 43.2 Å². The van der Waals surface area contributed by atoms with E-state index in [4.69, 9.17) is 0 Å². The molecule has 2 N–H and O–H groups in total. The van der Waals surface area contributed by atoms with Crippen LogP contribution in [0.25, 0.3) is 0 Å². The number of hydrogen-bond acceptors (Lipinski definition) is 3. The van der Waals surface area contributed by atoms with E-state index in [9.17, 15) is 0 Å². The minimum atomic E-state index is 0.143. The summed E-state index contributed by atoms with van der Waals surface area (Å²) in [5, 5.41) is 6.55. The first-order valence-electron chi connectivity index (χ1n) is 4.25. The zero-order valence-electron chi connectivity index (χ0n) is 7.54. The van der Waals surface area contributed by atoms with Gasteiger partial charge in [0.2, 0.25) is 0 Å². The molecule has 0 radical (unpaired) electrons. The topological polar surface area (TPSA) is 24.1 Å². The molecule has 12 heavy (non-hydrogen) atoms. The molecule has 0 fully saturated rings. The van der Waals surface area contributed by atoms with Gasteiger partial charge in [-0.25, -0.2) is 0 Å². The molecule has 1 atom stereocenters. The maximum atomic E-state index is 4.29. The van der Waals surface area contributed by atoms with Crippen LogP contribution in [0.3, 0.4) is 0 Å². The molecule has 0 saturated heterocycles. The van der Waals surface area contributed by atoms with Gasteiger partial charge in [-0.15, -0.1) is 0 Å². The van der Waals surface area contributed by atoms with Crippen molar-refractivity contribution in [3.8, 4) is 0 Å². The Bertz CT molecular complexity index is 197. The lowest BCUT2D eigenvalue weighted by molar-refractivity contribution is 0.598. The van der Waals surface area contributed by atoms with E-state index >= 15 is 0 Å². The number of dihydropyridines is 1. The smallest absolute Gasteiger partial charge is 0.0898 e. The van der Waals surface area contributed by atoms with E-state index in [1.54, 1.807) is 0 Å². The van der Waals surface area contributed by atoms with Crippen LogP contribution in [0.4, 0.5) is 0 Å². The molecule has 0 aromatic carbocycles. The minimum absolute atomic E-state index is 0.143. The Morgan fingerprint density at radius 3 is 3.00 bits per heavy atom. The average Bonchev–Trinajstić information content (AvgIpc) is 2.01. The van der Waals surface area contributed by atoms with E-state index in [1.807, 2.05) is 12.3 Å². The molecular weight excluding hydrogens is 168 g/mol. The summed E-state index contributed by atoms with van der Waals surface area (Å²) in [7, 11) is 0. The molecule has 0 aliphatic carbocycles. The number of rotatable bonds is 3. The van der Waals surface area contributed by atoms with Crippen molar-refractivity contribution >= 4 is 12.6 Å². The maximum Gasteiger partial charge on any atom is 0.0898 e. The molecule has 1 aliphatic heterocycles. The third kappa shape index (κ3) is 3.22. The highest BCUT2D eigenvalue weighted by Gasteiger charge is 2.02. The summed E-state index contributed by atoms with van der Waals surface area (Å²) in [4.78, 5) is 0. The van der Waals surface area contributed by atoms with Crippen molar-refractivity contribution in [1.29, 1.82) is 0 Å². The Labute approximate surface area is 79.5 Å². The van der Waals surface area contributed by atoms with E-state index < -0.39 is 0 Å². The molecule has 0 aromatic heterocycles. The highest BCUT2D eigenvalue weighted by molar-refractivity contribution is 7.81. The summed E-state index contributed by atoms with van der Waals surface area (Å²) in [5.41, 5.74) is 1.16. The fourth-order valence-corrected chi connectivity index (χ4v) is 1.20. The van der Waals surface area contributed by atoms with E-state index in [1.165, 1.54) is 0 Å². The Morgan fingerprint density at radius 2 is 2.42 bits per heavy atom. The summed E-state index contributed by atoms with van der Waals surface area (Å²) >= 11 is 4.29. The van der Waals surface area contributed by atoms with Crippen molar-refractivity contribution < 1.29 is 0 Å². The third-order valence-corrected chi connectivity index (χ3v) is 1.88. The quantitative estimate of drug-likeness (QED) is 0.579. The number of hydrogen-bond donors (Lipinski definition) is 3. The van der Waals surface area contributed by atoms with Gasteiger partial charge in [0.15, 0.2) is 0 Å². The van der Waals surface area contributed by atoms with Crippen LogP contribution in [0.2, 0.25) is 0 Å². The van der Waals surface area contributed by atoms with Crippen molar-refractivity contribution in [3.05, 3.63) is 24.0 Å². The number of allylic oxidation sites excluding steroid dienone is 1. The zero-order valence-corrected chi connectivity index (χ0v) is 8.44. The van der Waals surface area contributed by atoms with Crippen molar-refractivity contribution in [2.75, 3.05) is 6.54 Å². The minimum Gasteiger partial charge on any atom is -0.385 e. The van der Waals surface area contributed by atoms with Crippen LogP contribution in [-0.4, -0.2) is 11.9 Å². The lowest BCUT2D eigenvalue weighted by Gasteiger charge is -2.16. The van der Waals surface area contributed by atoms with Gasteiger partial charge in [0.05, 0.1) is 5.37 Å². The molecule has 0 amide bonds. The zero-order chi connectivity index (χ0) is 8.97. The Balaban J connectivity index is 2.36. The third-order valence-electron chi connectivity index (χ3n) is 1.58. The van der Waals surface area contributed by atoms with Crippen LogP contribution in [0.5, 0.6) is 0 Å². The van der Waals surface area contributed by atoms with Crippen LogP contribution in [0.15, 0.2) is 24.0 Å². The van der Waals surface area contributed by atoms with Gasteiger partial charge in [0.1, 0.15) is 0 Å². The molecule has 1 rings (SSSR count). The second kappa shape index (κ2) is 4.45. The average molecular weight is 184 g/mol. The Morgan fingerprint density at radius 1 is 1.67 bits per heavy atom. The van der Waals surface area contributed by atoms with Gasteiger partial charge in [0, 0.05) is 12.2 Å². The van der Waals surface area contributed by atoms with E-state index in [-0.39, 0.29) is 5.37 Å². The standard InChI is InChI=1S/C9H16N2S/c1-7(2)6-11-8-3-4-10-9(12)5-8/h3-5,7,9-12H,6H2,1-2H3. The van der Waals surface area contributed by atoms with E-state index in [0.717, 1.165) is 12.2 Å². The molecule has 0 spiro atoms. The normalized spacial score (nSPS) is 22.0. The molecular formula is C9H16N2S. The van der Waals surface area contributed by atoms with Crippen LogP contribution in [-0.2, 0) is 0 Å². The van der Waals surface area contributed by atoms with Crippen molar-refractivity contribution in [1.82, 2.24) is 10.6 Å². The lowest BCUT2D eigenvalue weighted by Crippen LogP contribution is -2.25. The molecule has 0 aromatic rings. The molecule has 1 unspecified atom stereocenters. The van der Waals surface area contributed by atoms with Crippen molar-refractivity contribution in [2.24, 2.45) is 5.92 Å². The maximum absolute atomic E-state index is 4.29. The van der Waals surface area contributed by atoms with Gasteiger partial charge >= 0.3 is 0 Å². The molecule has 1 heterocycles. The predicted octanol–water partition coefficient (Wildman–Crippen LogP) is 1.49. The number of nitrogens with one attached hydrogen (secondary N) is 2. The van der Waals surface area contributed by atoms with Crippen molar-refractivity contribution in [3.63, 3.8) is 0 Å². The molecule has 1 aliphatic rings. The van der Waals surface area contributed by atoms with Gasteiger partial charge in [0.25, 0.3) is 0 Å². The van der Waals surface area contributed by atoms with Gasteiger partial charge in [-0.1, -0.05) is 13.8 Å². The van der Waals surface area contributed by atoms with Crippen LogP contribution in [0.1, 0.15) is 13.8 Å². The highest BCUT2D eigenvalue weighted by Crippen LogP contribution is 2.04. The Kier molecular flexibility index (Phi) is 3.53. The van der Waals surface area contributed by atoms with Crippen molar-refractivity contribution in [2.45, 2.75) is 19.2 Å². The molecule has 2 nitrogen and oxygen atoms in total. The van der Waals surface area contributed by atoms with Gasteiger partial charge in [-0.3, -0.25) is 0 Å². The molecule has 0 saturated carbocycles. The SMILES string of the molecule is CC(C)CNC1=CC(S)NC=C1. The molecule has 0 bridgehead atoms. The summed E-state index contributed by atoms with van der Waals surface area (Å²) in [5.74, 6) is 0.674. The first-order valence-corrected chi connectivity index (χ1v) is 4.76. The Hall–Kier alpha value is -0.570. The van der Waals surface area contributed by atoms with Crippen LogP contribution >= 0.6 is 12.6 Å². The summed E-state index contributed by atoms with van der Waals surface area (Å²) < 4.78 is 0.